The lowest BCUT2D eigenvalue weighted by Gasteiger charge is -2.11. The average Bonchev–Trinajstić information content (AvgIpc) is 2.85. The number of para-hydroxylation sites is 1. The fraction of sp³-hybridized carbons (Fsp3) is 0.231. The molecule has 0 aliphatic rings. The molecule has 0 aliphatic heterocycles. The number of sulfone groups is 1. The van der Waals surface area contributed by atoms with Gasteiger partial charge in [-0.1, -0.05) is 23.7 Å². The van der Waals surface area contributed by atoms with Crippen LogP contribution in [-0.2, 0) is 16.3 Å². The van der Waals surface area contributed by atoms with Crippen molar-refractivity contribution in [1.82, 2.24) is 0 Å². The Kier molecular flexibility index (Phi) is 5.18. The highest BCUT2D eigenvalue weighted by Crippen LogP contribution is 2.26. The first-order valence-electron chi connectivity index (χ1n) is 6.00. The first kappa shape index (κ1) is 16.2. The number of hydrogen-bond acceptors (Lipinski definition) is 4. The lowest BCUT2D eigenvalue weighted by atomic mass is 10.3. The van der Waals surface area contributed by atoms with Crippen molar-refractivity contribution < 1.29 is 17.2 Å². The van der Waals surface area contributed by atoms with Crippen LogP contribution in [0.5, 0.6) is 0 Å². The summed E-state index contributed by atoms with van der Waals surface area (Å²) < 4.78 is 49.1. The maximum absolute atomic E-state index is 12.6. The minimum atomic E-state index is -4.61. The highest BCUT2D eigenvalue weighted by Gasteiger charge is 2.28. The molecule has 0 amide bonds. The zero-order chi connectivity index (χ0) is 15.5. The maximum Gasteiger partial charge on any atom is 0.341 e. The Morgan fingerprint density at radius 3 is 2.52 bits per heavy atom. The van der Waals surface area contributed by atoms with Gasteiger partial charge in [0.1, 0.15) is 0 Å². The molecule has 0 bridgehead atoms. The zero-order valence-corrected chi connectivity index (χ0v) is 13.1. The first-order chi connectivity index (χ1) is 9.91. The van der Waals surface area contributed by atoms with Crippen molar-refractivity contribution in [1.29, 1.82) is 0 Å². The summed E-state index contributed by atoms with van der Waals surface area (Å²) in [7, 11) is -4.61. The molecule has 3 nitrogen and oxygen atoms in total. The van der Waals surface area contributed by atoms with Crippen LogP contribution in [0, 0.1) is 0 Å². The summed E-state index contributed by atoms with van der Waals surface area (Å²) in [5, 5.41) is 2.88. The molecule has 114 valence electrons. The molecule has 2 rings (SSSR count). The summed E-state index contributed by atoms with van der Waals surface area (Å²) in [6.45, 7) is 0.423. The van der Waals surface area contributed by atoms with Crippen LogP contribution in [0.25, 0.3) is 0 Å². The standard InChI is InChI=1S/C13H12ClF2NO2S2/c14-12-6-5-9(20-12)7-8-17-10-3-1-2-4-11(10)21(18,19)13(15)16/h1-6,13,17H,7-8H2. The normalized spacial score (nSPS) is 11.8. The van der Waals surface area contributed by atoms with Crippen LogP contribution < -0.4 is 5.32 Å². The topological polar surface area (TPSA) is 46.2 Å². The summed E-state index contributed by atoms with van der Waals surface area (Å²) in [5.74, 6) is -3.43. The van der Waals surface area contributed by atoms with E-state index in [0.29, 0.717) is 17.3 Å². The Balaban J connectivity index is 2.10. The van der Waals surface area contributed by atoms with E-state index in [-0.39, 0.29) is 10.6 Å². The quantitative estimate of drug-likeness (QED) is 0.854. The number of thiophene rings is 1. The van der Waals surface area contributed by atoms with Gasteiger partial charge in [0, 0.05) is 11.4 Å². The lowest BCUT2D eigenvalue weighted by Crippen LogP contribution is -2.15. The number of nitrogens with one attached hydrogen (secondary N) is 1. The van der Waals surface area contributed by atoms with Gasteiger partial charge in [-0.05, 0) is 30.7 Å². The third-order valence-electron chi connectivity index (χ3n) is 2.74. The Hall–Kier alpha value is -1.18. The molecule has 0 unspecified atom stereocenters. The molecule has 0 fully saturated rings. The van der Waals surface area contributed by atoms with E-state index in [1.165, 1.54) is 29.5 Å². The maximum atomic E-state index is 12.6. The summed E-state index contributed by atoms with van der Waals surface area (Å²) in [6, 6.07) is 9.30. The van der Waals surface area contributed by atoms with Gasteiger partial charge in [-0.15, -0.1) is 11.3 Å². The summed E-state index contributed by atoms with van der Waals surface area (Å²) in [6.07, 6.45) is 0.625. The van der Waals surface area contributed by atoms with E-state index in [0.717, 1.165) is 4.88 Å². The molecule has 1 aromatic heterocycles. The predicted octanol–water partition coefficient (Wildman–Crippen LogP) is 4.05. The summed E-state index contributed by atoms with van der Waals surface area (Å²) in [5.41, 5.74) is 0.181. The van der Waals surface area contributed by atoms with Gasteiger partial charge in [0.2, 0.25) is 9.84 Å². The van der Waals surface area contributed by atoms with Gasteiger partial charge in [-0.25, -0.2) is 8.42 Å². The minimum absolute atomic E-state index is 0.181. The third-order valence-corrected chi connectivity index (χ3v) is 5.47. The largest absolute Gasteiger partial charge is 0.384 e. The number of halogens is 3. The zero-order valence-electron chi connectivity index (χ0n) is 10.7. The van der Waals surface area contributed by atoms with E-state index in [2.05, 4.69) is 5.32 Å². The van der Waals surface area contributed by atoms with Crippen LogP contribution in [0.2, 0.25) is 4.34 Å². The van der Waals surface area contributed by atoms with E-state index in [1.807, 2.05) is 6.07 Å². The molecule has 0 radical (unpaired) electrons. The third kappa shape index (κ3) is 3.93. The van der Waals surface area contributed by atoms with E-state index in [1.54, 1.807) is 12.1 Å². The molecule has 21 heavy (non-hydrogen) atoms. The van der Waals surface area contributed by atoms with E-state index < -0.39 is 15.6 Å². The molecule has 2 aromatic rings. The van der Waals surface area contributed by atoms with Gasteiger partial charge in [-0.3, -0.25) is 0 Å². The molecule has 0 aliphatic carbocycles. The highest BCUT2D eigenvalue weighted by molar-refractivity contribution is 7.91. The molecule has 1 heterocycles. The molecular weight excluding hydrogens is 340 g/mol. The van der Waals surface area contributed by atoms with Crippen LogP contribution in [-0.4, -0.2) is 20.7 Å². The molecule has 0 spiro atoms. The van der Waals surface area contributed by atoms with Crippen LogP contribution in [0.3, 0.4) is 0 Å². The Labute approximate surface area is 130 Å². The average molecular weight is 352 g/mol. The SMILES string of the molecule is O=S(=O)(c1ccccc1NCCc1ccc(Cl)s1)C(F)F. The van der Waals surface area contributed by atoms with Crippen LogP contribution in [0.1, 0.15) is 4.88 Å². The Morgan fingerprint density at radius 2 is 1.90 bits per heavy atom. The van der Waals surface area contributed by atoms with Crippen molar-refractivity contribution in [2.24, 2.45) is 0 Å². The number of rotatable bonds is 6. The van der Waals surface area contributed by atoms with Gasteiger partial charge in [0.05, 0.1) is 14.9 Å². The number of alkyl halides is 2. The molecule has 1 N–H and O–H groups in total. The van der Waals surface area contributed by atoms with Gasteiger partial charge in [0.15, 0.2) is 0 Å². The Morgan fingerprint density at radius 1 is 1.19 bits per heavy atom. The second-order valence-electron chi connectivity index (χ2n) is 4.18. The van der Waals surface area contributed by atoms with E-state index in [4.69, 9.17) is 11.6 Å². The number of anilines is 1. The van der Waals surface area contributed by atoms with Crippen molar-refractivity contribution in [3.63, 3.8) is 0 Å². The first-order valence-corrected chi connectivity index (χ1v) is 8.74. The molecule has 8 heteroatoms. The van der Waals surface area contributed by atoms with Crippen LogP contribution in [0.15, 0.2) is 41.3 Å². The second-order valence-corrected chi connectivity index (χ2v) is 7.87. The van der Waals surface area contributed by atoms with Crippen molar-refractivity contribution in [2.75, 3.05) is 11.9 Å². The molecule has 0 saturated heterocycles. The van der Waals surface area contributed by atoms with E-state index in [9.17, 15) is 17.2 Å². The lowest BCUT2D eigenvalue weighted by molar-refractivity contribution is 0.235. The smallest absolute Gasteiger partial charge is 0.341 e. The molecular formula is C13H12ClF2NO2S2. The van der Waals surface area contributed by atoms with Gasteiger partial charge in [0.25, 0.3) is 0 Å². The van der Waals surface area contributed by atoms with Gasteiger partial charge < -0.3 is 5.32 Å². The van der Waals surface area contributed by atoms with E-state index >= 15 is 0 Å². The van der Waals surface area contributed by atoms with Gasteiger partial charge in [-0.2, -0.15) is 8.78 Å². The van der Waals surface area contributed by atoms with Crippen molar-refractivity contribution in [2.45, 2.75) is 17.1 Å². The fourth-order valence-electron chi connectivity index (χ4n) is 1.76. The minimum Gasteiger partial charge on any atom is -0.384 e. The monoisotopic (exact) mass is 351 g/mol. The molecule has 1 aromatic carbocycles. The van der Waals surface area contributed by atoms with Crippen molar-refractivity contribution in [3.8, 4) is 0 Å². The van der Waals surface area contributed by atoms with Crippen LogP contribution in [0.4, 0.5) is 14.5 Å². The number of hydrogen-bond donors (Lipinski definition) is 1. The number of benzene rings is 1. The summed E-state index contributed by atoms with van der Waals surface area (Å²) >= 11 is 7.24. The summed E-state index contributed by atoms with van der Waals surface area (Å²) in [4.78, 5) is 0.644. The van der Waals surface area contributed by atoms with Gasteiger partial charge >= 0.3 is 5.76 Å². The molecule has 0 saturated carbocycles. The molecule has 0 atom stereocenters. The van der Waals surface area contributed by atoms with Crippen molar-refractivity contribution in [3.05, 3.63) is 45.6 Å². The predicted molar refractivity (Wildman–Crippen MR) is 81.2 cm³/mol. The highest BCUT2D eigenvalue weighted by atomic mass is 35.5. The van der Waals surface area contributed by atoms with Crippen LogP contribution >= 0.6 is 22.9 Å². The van der Waals surface area contributed by atoms with Crippen molar-refractivity contribution >= 4 is 38.5 Å². The second kappa shape index (κ2) is 6.72. The Bertz CT molecular complexity index is 716. The fourth-order valence-corrected chi connectivity index (χ4v) is 3.76.